The summed E-state index contributed by atoms with van der Waals surface area (Å²) in [5.74, 6) is 0.775. The average Bonchev–Trinajstić information content (AvgIpc) is 2.34. The van der Waals surface area contributed by atoms with Crippen LogP contribution in [0.1, 0.15) is 86.0 Å². The van der Waals surface area contributed by atoms with Crippen LogP contribution in [0, 0.1) is 11.3 Å². The van der Waals surface area contributed by atoms with E-state index in [9.17, 15) is 0 Å². The van der Waals surface area contributed by atoms with Gasteiger partial charge in [0, 0.05) is 6.61 Å². The van der Waals surface area contributed by atoms with E-state index in [1.54, 1.807) is 0 Å². The van der Waals surface area contributed by atoms with Gasteiger partial charge in [0.05, 0.1) is 6.61 Å². The maximum atomic E-state index is 6.05. The zero-order chi connectivity index (χ0) is 13.9. The highest BCUT2D eigenvalue weighted by atomic mass is 16.5. The van der Waals surface area contributed by atoms with E-state index in [4.69, 9.17) is 4.74 Å². The molecule has 0 rings (SSSR count). The first-order valence-electron chi connectivity index (χ1n) is 8.19. The van der Waals surface area contributed by atoms with Crippen LogP contribution in [-0.4, -0.2) is 13.2 Å². The third kappa shape index (κ3) is 8.13. The maximum Gasteiger partial charge on any atom is 0.0519 e. The van der Waals surface area contributed by atoms with Crippen molar-refractivity contribution in [3.8, 4) is 0 Å². The first kappa shape index (κ1) is 18.0. The van der Waals surface area contributed by atoms with Crippen molar-refractivity contribution in [2.45, 2.75) is 86.0 Å². The fraction of sp³-hybridized carbons (Fsp3) is 1.00. The Morgan fingerprint density at radius 1 is 0.944 bits per heavy atom. The topological polar surface area (TPSA) is 9.23 Å². The van der Waals surface area contributed by atoms with Crippen LogP contribution >= 0.6 is 0 Å². The highest BCUT2D eigenvalue weighted by Crippen LogP contribution is 2.29. The molecule has 0 saturated carbocycles. The minimum absolute atomic E-state index is 0.409. The van der Waals surface area contributed by atoms with E-state index >= 15 is 0 Å². The second kappa shape index (κ2) is 10.8. The molecule has 110 valence electrons. The Hall–Kier alpha value is -0.0400. The molecule has 0 fully saturated rings. The van der Waals surface area contributed by atoms with Gasteiger partial charge >= 0.3 is 0 Å². The fourth-order valence-corrected chi connectivity index (χ4v) is 2.85. The maximum absolute atomic E-state index is 6.05. The van der Waals surface area contributed by atoms with Crippen molar-refractivity contribution in [3.63, 3.8) is 0 Å². The summed E-state index contributed by atoms with van der Waals surface area (Å²) in [5, 5.41) is 0. The molecule has 0 heterocycles. The molecule has 0 aromatic rings. The summed E-state index contributed by atoms with van der Waals surface area (Å²) in [7, 11) is 0. The summed E-state index contributed by atoms with van der Waals surface area (Å²) in [5.41, 5.74) is 0.409. The van der Waals surface area contributed by atoms with Crippen molar-refractivity contribution in [1.29, 1.82) is 0 Å². The van der Waals surface area contributed by atoms with Crippen molar-refractivity contribution >= 4 is 0 Å². The minimum atomic E-state index is 0.409. The average molecular weight is 256 g/mol. The van der Waals surface area contributed by atoms with E-state index in [0.29, 0.717) is 5.41 Å². The van der Waals surface area contributed by atoms with Gasteiger partial charge in [-0.25, -0.2) is 0 Å². The predicted octanol–water partition coefficient (Wildman–Crippen LogP) is 5.83. The highest BCUT2D eigenvalue weighted by Gasteiger charge is 2.22. The van der Waals surface area contributed by atoms with Gasteiger partial charge in [-0.3, -0.25) is 0 Å². The molecule has 0 saturated heterocycles. The van der Waals surface area contributed by atoms with Crippen molar-refractivity contribution < 1.29 is 4.74 Å². The molecule has 0 aliphatic carbocycles. The van der Waals surface area contributed by atoms with Crippen molar-refractivity contribution in [2.24, 2.45) is 11.3 Å². The van der Waals surface area contributed by atoms with E-state index in [-0.39, 0.29) is 0 Å². The molecule has 1 heteroatoms. The van der Waals surface area contributed by atoms with E-state index in [2.05, 4.69) is 34.6 Å². The first-order valence-corrected chi connectivity index (χ1v) is 8.19. The molecule has 1 nitrogen and oxygen atoms in total. The van der Waals surface area contributed by atoms with Gasteiger partial charge in [-0.15, -0.1) is 0 Å². The molecule has 0 aliphatic heterocycles. The molecular formula is C17H36O. The third-order valence-corrected chi connectivity index (χ3v) is 4.05. The van der Waals surface area contributed by atoms with E-state index in [1.165, 1.54) is 51.4 Å². The van der Waals surface area contributed by atoms with Crippen LogP contribution in [0.4, 0.5) is 0 Å². The molecule has 0 amide bonds. The zero-order valence-corrected chi connectivity index (χ0v) is 13.6. The van der Waals surface area contributed by atoms with Gasteiger partial charge in [0.25, 0.3) is 0 Å². The fourth-order valence-electron chi connectivity index (χ4n) is 2.85. The molecule has 0 unspecified atom stereocenters. The molecule has 0 bridgehead atoms. The molecule has 0 aliphatic rings. The third-order valence-electron chi connectivity index (χ3n) is 4.05. The molecule has 0 aromatic carbocycles. The van der Waals surface area contributed by atoms with Gasteiger partial charge in [-0.2, -0.15) is 0 Å². The van der Waals surface area contributed by atoms with Crippen molar-refractivity contribution in [2.75, 3.05) is 13.2 Å². The summed E-state index contributed by atoms with van der Waals surface area (Å²) >= 11 is 0. The summed E-state index contributed by atoms with van der Waals surface area (Å²) in [6.07, 6.45) is 10.4. The Morgan fingerprint density at radius 2 is 1.56 bits per heavy atom. The summed E-state index contributed by atoms with van der Waals surface area (Å²) in [6, 6.07) is 0. The van der Waals surface area contributed by atoms with E-state index < -0.39 is 0 Å². The van der Waals surface area contributed by atoms with Gasteiger partial charge < -0.3 is 4.74 Å². The number of rotatable bonds is 12. The van der Waals surface area contributed by atoms with Crippen LogP contribution in [-0.2, 0) is 4.74 Å². The normalized spacial score (nSPS) is 13.8. The molecule has 0 radical (unpaired) electrons. The second-order valence-electron chi connectivity index (χ2n) is 6.24. The number of unbranched alkanes of at least 4 members (excludes halogenated alkanes) is 1. The van der Waals surface area contributed by atoms with Gasteiger partial charge in [-0.1, -0.05) is 66.7 Å². The molecule has 0 spiro atoms. The highest BCUT2D eigenvalue weighted by molar-refractivity contribution is 4.73. The molecule has 1 atom stereocenters. The van der Waals surface area contributed by atoms with Crippen LogP contribution in [0.15, 0.2) is 0 Å². The minimum Gasteiger partial charge on any atom is -0.381 e. The molecule has 18 heavy (non-hydrogen) atoms. The second-order valence-corrected chi connectivity index (χ2v) is 6.24. The summed E-state index contributed by atoms with van der Waals surface area (Å²) in [6.45, 7) is 13.5. The van der Waals surface area contributed by atoms with Crippen LogP contribution in [0.5, 0.6) is 0 Å². The van der Waals surface area contributed by atoms with Crippen LogP contribution in [0.25, 0.3) is 0 Å². The van der Waals surface area contributed by atoms with Gasteiger partial charge in [0.1, 0.15) is 0 Å². The van der Waals surface area contributed by atoms with Crippen molar-refractivity contribution in [3.05, 3.63) is 0 Å². The SMILES string of the molecule is CCCC[C@@H](CC)COCC(C)(CCC)CCC. The van der Waals surface area contributed by atoms with Crippen molar-refractivity contribution in [1.82, 2.24) is 0 Å². The largest absolute Gasteiger partial charge is 0.381 e. The number of hydrogen-bond acceptors (Lipinski definition) is 1. The lowest BCUT2D eigenvalue weighted by molar-refractivity contribution is 0.0208. The van der Waals surface area contributed by atoms with Gasteiger partial charge in [0.15, 0.2) is 0 Å². The van der Waals surface area contributed by atoms with Gasteiger partial charge in [-0.05, 0) is 30.6 Å². The summed E-state index contributed by atoms with van der Waals surface area (Å²) in [4.78, 5) is 0. The lowest BCUT2D eigenvalue weighted by Gasteiger charge is -2.29. The Morgan fingerprint density at radius 3 is 2.00 bits per heavy atom. The Kier molecular flexibility index (Phi) is 10.8. The Bertz CT molecular complexity index is 170. The summed E-state index contributed by atoms with van der Waals surface area (Å²) < 4.78 is 6.05. The van der Waals surface area contributed by atoms with Crippen LogP contribution < -0.4 is 0 Å². The molecule has 0 aromatic heterocycles. The zero-order valence-electron chi connectivity index (χ0n) is 13.6. The standard InChI is InChI=1S/C17H36O/c1-6-10-11-16(9-4)14-18-15-17(5,12-7-2)13-8-3/h16H,6-15H2,1-5H3/t16-/m1/s1. The smallest absolute Gasteiger partial charge is 0.0519 e. The predicted molar refractivity (Wildman–Crippen MR) is 82.0 cm³/mol. The Labute approximate surface area is 116 Å². The van der Waals surface area contributed by atoms with E-state index in [0.717, 1.165) is 19.1 Å². The van der Waals surface area contributed by atoms with Crippen LogP contribution in [0.3, 0.4) is 0 Å². The number of hydrogen-bond donors (Lipinski definition) is 0. The van der Waals surface area contributed by atoms with Gasteiger partial charge in [0.2, 0.25) is 0 Å². The van der Waals surface area contributed by atoms with E-state index in [1.807, 2.05) is 0 Å². The molecule has 0 N–H and O–H groups in total. The monoisotopic (exact) mass is 256 g/mol. The first-order chi connectivity index (χ1) is 8.61. The lowest BCUT2D eigenvalue weighted by atomic mass is 9.82. The Balaban J connectivity index is 3.95. The quantitative estimate of drug-likeness (QED) is 0.427. The van der Waals surface area contributed by atoms with Crippen LogP contribution in [0.2, 0.25) is 0 Å². The number of ether oxygens (including phenoxy) is 1. The molecular weight excluding hydrogens is 220 g/mol. The lowest BCUT2D eigenvalue weighted by Crippen LogP contribution is -2.25.